The Morgan fingerprint density at radius 3 is 3.00 bits per heavy atom. The van der Waals surface area contributed by atoms with Crippen molar-refractivity contribution in [3.63, 3.8) is 0 Å². The Morgan fingerprint density at radius 2 is 2.35 bits per heavy atom. The number of hydrogen-bond acceptors (Lipinski definition) is 5. The zero-order valence-electron chi connectivity index (χ0n) is 9.28. The van der Waals surface area contributed by atoms with Gasteiger partial charge in [-0.25, -0.2) is 4.68 Å². The highest BCUT2D eigenvalue weighted by atomic mass is 16.4. The number of tetrazole rings is 1. The van der Waals surface area contributed by atoms with Crippen LogP contribution >= 0.6 is 0 Å². The zero-order valence-corrected chi connectivity index (χ0v) is 9.28. The van der Waals surface area contributed by atoms with Crippen molar-refractivity contribution in [2.75, 3.05) is 0 Å². The number of rotatable bonds is 3. The molecule has 1 aromatic heterocycles. The van der Waals surface area contributed by atoms with Gasteiger partial charge in [0.1, 0.15) is 5.82 Å². The number of nitrogens with two attached hydrogens (primary N) is 1. The average Bonchev–Trinajstić information content (AvgIpc) is 2.74. The number of oxime groups is 1. The highest BCUT2D eigenvalue weighted by molar-refractivity contribution is 5.97. The fourth-order valence-electron chi connectivity index (χ4n) is 1.46. The molecule has 2 rings (SSSR count). The van der Waals surface area contributed by atoms with Crippen molar-refractivity contribution in [1.82, 2.24) is 20.2 Å². The predicted octanol–water partition coefficient (Wildman–Crippen LogP) is 0.124. The van der Waals surface area contributed by atoms with Crippen LogP contribution in [0.25, 0.3) is 0 Å². The van der Waals surface area contributed by atoms with Crippen molar-refractivity contribution in [2.45, 2.75) is 13.5 Å². The van der Waals surface area contributed by atoms with Gasteiger partial charge >= 0.3 is 0 Å². The summed E-state index contributed by atoms with van der Waals surface area (Å²) in [6, 6.07) is 7.36. The largest absolute Gasteiger partial charge is 0.409 e. The SMILES string of the molecule is Cc1nnnn1Cc1cccc(C(N)=NO)c1. The molecule has 1 aromatic carbocycles. The summed E-state index contributed by atoms with van der Waals surface area (Å²) in [6.45, 7) is 2.37. The van der Waals surface area contributed by atoms with E-state index < -0.39 is 0 Å². The van der Waals surface area contributed by atoms with E-state index >= 15 is 0 Å². The molecule has 17 heavy (non-hydrogen) atoms. The fraction of sp³-hybridized carbons (Fsp3) is 0.200. The van der Waals surface area contributed by atoms with Crippen LogP contribution in [0.3, 0.4) is 0 Å². The lowest BCUT2D eigenvalue weighted by molar-refractivity contribution is 0.318. The van der Waals surface area contributed by atoms with Gasteiger partial charge in [-0.2, -0.15) is 0 Å². The molecular weight excluding hydrogens is 220 g/mol. The normalized spacial score (nSPS) is 11.7. The van der Waals surface area contributed by atoms with Crippen LogP contribution in [0.4, 0.5) is 0 Å². The molecule has 1 heterocycles. The van der Waals surface area contributed by atoms with E-state index in [0.717, 1.165) is 11.4 Å². The Morgan fingerprint density at radius 1 is 1.53 bits per heavy atom. The van der Waals surface area contributed by atoms with E-state index in [2.05, 4.69) is 20.7 Å². The predicted molar refractivity (Wildman–Crippen MR) is 60.6 cm³/mol. The summed E-state index contributed by atoms with van der Waals surface area (Å²) in [4.78, 5) is 0. The minimum atomic E-state index is 0.0836. The Kier molecular flexibility index (Phi) is 2.99. The van der Waals surface area contributed by atoms with E-state index in [1.165, 1.54) is 0 Å². The van der Waals surface area contributed by atoms with Gasteiger partial charge in [0.25, 0.3) is 0 Å². The summed E-state index contributed by atoms with van der Waals surface area (Å²) >= 11 is 0. The first kappa shape index (κ1) is 11.1. The van der Waals surface area contributed by atoms with E-state index in [1.807, 2.05) is 25.1 Å². The number of benzene rings is 1. The molecule has 0 bridgehead atoms. The molecule has 7 nitrogen and oxygen atoms in total. The Bertz CT molecular complexity index is 547. The lowest BCUT2D eigenvalue weighted by Gasteiger charge is -2.04. The monoisotopic (exact) mass is 232 g/mol. The number of aromatic nitrogens is 4. The van der Waals surface area contributed by atoms with Crippen LogP contribution in [-0.2, 0) is 6.54 Å². The second kappa shape index (κ2) is 4.60. The molecule has 0 unspecified atom stereocenters. The van der Waals surface area contributed by atoms with Gasteiger partial charge in [-0.15, -0.1) is 5.10 Å². The molecule has 0 radical (unpaired) electrons. The molecule has 0 spiro atoms. The van der Waals surface area contributed by atoms with Crippen LogP contribution in [0.15, 0.2) is 29.4 Å². The minimum absolute atomic E-state index is 0.0836. The number of nitrogens with zero attached hydrogens (tertiary/aromatic N) is 5. The van der Waals surface area contributed by atoms with Crippen molar-refractivity contribution in [1.29, 1.82) is 0 Å². The Hall–Kier alpha value is -2.44. The maximum atomic E-state index is 8.61. The standard InChI is InChI=1S/C10H12N6O/c1-7-12-14-15-16(7)6-8-3-2-4-9(5-8)10(11)13-17/h2-5,17H,6H2,1H3,(H2,11,13). The van der Waals surface area contributed by atoms with Gasteiger partial charge in [-0.1, -0.05) is 23.4 Å². The van der Waals surface area contributed by atoms with Crippen LogP contribution in [0.5, 0.6) is 0 Å². The van der Waals surface area contributed by atoms with Crippen molar-refractivity contribution in [3.8, 4) is 0 Å². The summed E-state index contributed by atoms with van der Waals surface area (Å²) in [5.41, 5.74) is 7.16. The van der Waals surface area contributed by atoms with E-state index in [0.29, 0.717) is 12.1 Å². The Balaban J connectivity index is 2.26. The second-order valence-corrected chi connectivity index (χ2v) is 3.57. The van der Waals surface area contributed by atoms with E-state index in [1.54, 1.807) is 10.7 Å². The van der Waals surface area contributed by atoms with Gasteiger partial charge in [-0.3, -0.25) is 0 Å². The third-order valence-electron chi connectivity index (χ3n) is 2.37. The lowest BCUT2D eigenvalue weighted by atomic mass is 10.1. The first-order valence-corrected chi connectivity index (χ1v) is 5.00. The highest BCUT2D eigenvalue weighted by Gasteiger charge is 2.04. The Labute approximate surface area is 97.6 Å². The summed E-state index contributed by atoms with van der Waals surface area (Å²) in [6.07, 6.45) is 0. The van der Waals surface area contributed by atoms with Gasteiger partial charge in [0, 0.05) is 5.56 Å². The zero-order chi connectivity index (χ0) is 12.3. The van der Waals surface area contributed by atoms with Crippen LogP contribution in [0.1, 0.15) is 17.0 Å². The van der Waals surface area contributed by atoms with Gasteiger partial charge in [-0.05, 0) is 29.0 Å². The first-order valence-electron chi connectivity index (χ1n) is 5.00. The number of hydrogen-bond donors (Lipinski definition) is 2. The minimum Gasteiger partial charge on any atom is -0.409 e. The molecule has 7 heteroatoms. The summed E-state index contributed by atoms with van der Waals surface area (Å²) < 4.78 is 1.67. The number of aryl methyl sites for hydroxylation is 1. The van der Waals surface area contributed by atoms with Crippen LogP contribution in [0.2, 0.25) is 0 Å². The molecular formula is C10H12N6O. The molecule has 0 aliphatic carbocycles. The molecule has 3 N–H and O–H groups in total. The van der Waals surface area contributed by atoms with Crippen LogP contribution < -0.4 is 5.73 Å². The molecule has 0 aliphatic rings. The molecule has 0 aliphatic heterocycles. The lowest BCUT2D eigenvalue weighted by Crippen LogP contribution is -2.13. The summed E-state index contributed by atoms with van der Waals surface area (Å²) in [7, 11) is 0. The maximum absolute atomic E-state index is 8.61. The van der Waals surface area contributed by atoms with Crippen molar-refractivity contribution < 1.29 is 5.21 Å². The number of amidine groups is 1. The fourth-order valence-corrected chi connectivity index (χ4v) is 1.46. The summed E-state index contributed by atoms with van der Waals surface area (Å²) in [5, 5.41) is 22.8. The topological polar surface area (TPSA) is 102 Å². The summed E-state index contributed by atoms with van der Waals surface area (Å²) in [5.74, 6) is 0.819. The van der Waals surface area contributed by atoms with Gasteiger partial charge in [0.05, 0.1) is 6.54 Å². The van der Waals surface area contributed by atoms with Crippen molar-refractivity contribution >= 4 is 5.84 Å². The molecule has 88 valence electrons. The first-order chi connectivity index (χ1) is 8.20. The quantitative estimate of drug-likeness (QED) is 0.339. The molecule has 0 atom stereocenters. The van der Waals surface area contributed by atoms with Crippen molar-refractivity contribution in [3.05, 3.63) is 41.2 Å². The van der Waals surface area contributed by atoms with Crippen molar-refractivity contribution in [2.24, 2.45) is 10.9 Å². The van der Waals surface area contributed by atoms with E-state index in [4.69, 9.17) is 10.9 Å². The molecule has 0 saturated heterocycles. The van der Waals surface area contributed by atoms with Gasteiger partial charge in [0.2, 0.25) is 0 Å². The third-order valence-corrected chi connectivity index (χ3v) is 2.37. The van der Waals surface area contributed by atoms with E-state index in [9.17, 15) is 0 Å². The average molecular weight is 232 g/mol. The molecule has 0 amide bonds. The third kappa shape index (κ3) is 2.39. The molecule has 0 fully saturated rings. The molecule has 0 saturated carbocycles. The second-order valence-electron chi connectivity index (χ2n) is 3.57. The van der Waals surface area contributed by atoms with E-state index in [-0.39, 0.29) is 5.84 Å². The molecule has 2 aromatic rings. The van der Waals surface area contributed by atoms with Crippen LogP contribution in [0, 0.1) is 6.92 Å². The van der Waals surface area contributed by atoms with Crippen LogP contribution in [-0.4, -0.2) is 31.3 Å². The smallest absolute Gasteiger partial charge is 0.170 e. The highest BCUT2D eigenvalue weighted by Crippen LogP contribution is 2.07. The maximum Gasteiger partial charge on any atom is 0.170 e. The van der Waals surface area contributed by atoms with Gasteiger partial charge in [0.15, 0.2) is 5.84 Å². The van der Waals surface area contributed by atoms with Gasteiger partial charge < -0.3 is 10.9 Å².